The van der Waals surface area contributed by atoms with Crippen LogP contribution in [0.15, 0.2) is 97.1 Å². The van der Waals surface area contributed by atoms with Gasteiger partial charge in [-0.25, -0.2) is 0 Å². The average molecular weight is 1080 g/mol. The Morgan fingerprint density at radius 3 is 1.71 bits per heavy atom. The van der Waals surface area contributed by atoms with Gasteiger partial charge in [-0.05, 0) is 135 Å². The molecule has 2 heterocycles. The smallest absolute Gasteiger partial charge is 0.251 e. The van der Waals surface area contributed by atoms with Crippen molar-refractivity contribution < 1.29 is 33.6 Å². The van der Waals surface area contributed by atoms with E-state index in [2.05, 4.69) is 50.1 Å². The SMILES string of the molecule is CN[C@@H](C)C(=O)NC(C(=O)N1CC(NC(=O)c2ccc(CN(C(=O)C3Cc4ccccc4CN3C(=O)C(NC(=O)[C@H](C)NC)C(C)(C)C)C3CCCc4ccccc43)cc2)CC1C(=O)NC1CCCc2ccccc21)C(C)(C)C. The molecule has 1 fully saturated rings. The monoisotopic (exact) mass is 1080 g/mol. The summed E-state index contributed by atoms with van der Waals surface area (Å²) in [5, 5.41) is 18.3. The maximum atomic E-state index is 15.8. The molecule has 4 aromatic carbocycles. The number of aryl methyl sites for hydroxylation is 2. The van der Waals surface area contributed by atoms with E-state index in [0.29, 0.717) is 12.0 Å². The van der Waals surface area contributed by atoms with Crippen molar-refractivity contribution in [2.75, 3.05) is 20.6 Å². The lowest BCUT2D eigenvalue weighted by Crippen LogP contribution is -2.62. The van der Waals surface area contributed by atoms with Gasteiger partial charge in [-0.1, -0.05) is 126 Å². The highest BCUT2D eigenvalue weighted by Gasteiger charge is 2.47. The largest absolute Gasteiger partial charge is 0.347 e. The first-order chi connectivity index (χ1) is 37.6. The minimum absolute atomic E-state index is 0.0507. The predicted molar refractivity (Wildman–Crippen MR) is 305 cm³/mol. The molecule has 0 aromatic heterocycles. The van der Waals surface area contributed by atoms with Crippen molar-refractivity contribution in [2.24, 2.45) is 10.8 Å². The highest BCUT2D eigenvalue weighted by molar-refractivity contribution is 5.97. The van der Waals surface area contributed by atoms with Gasteiger partial charge in [0.05, 0.1) is 24.2 Å². The fourth-order valence-electron chi connectivity index (χ4n) is 11.8. The number of carbonyl (C=O) groups excluding carboxylic acids is 7. The van der Waals surface area contributed by atoms with Gasteiger partial charge in [-0.3, -0.25) is 33.6 Å². The van der Waals surface area contributed by atoms with Gasteiger partial charge in [0.25, 0.3) is 5.91 Å². The fraction of sp³-hybridized carbons (Fsp3) is 0.508. The van der Waals surface area contributed by atoms with Gasteiger partial charge in [-0.2, -0.15) is 0 Å². The van der Waals surface area contributed by atoms with Crippen LogP contribution in [0.5, 0.6) is 0 Å². The second kappa shape index (κ2) is 24.6. The van der Waals surface area contributed by atoms with Gasteiger partial charge < -0.3 is 46.6 Å². The predicted octanol–water partition coefficient (Wildman–Crippen LogP) is 6.22. The fourth-order valence-corrected chi connectivity index (χ4v) is 11.8. The third-order valence-corrected chi connectivity index (χ3v) is 16.7. The van der Waals surface area contributed by atoms with Crippen molar-refractivity contribution in [3.8, 4) is 0 Å². The van der Waals surface area contributed by atoms with Gasteiger partial charge >= 0.3 is 0 Å². The van der Waals surface area contributed by atoms with Gasteiger partial charge in [0.15, 0.2) is 0 Å². The summed E-state index contributed by atoms with van der Waals surface area (Å²) in [7, 11) is 3.37. The van der Waals surface area contributed by atoms with E-state index < -0.39 is 59.0 Å². The quantitative estimate of drug-likeness (QED) is 0.0754. The van der Waals surface area contributed by atoms with E-state index in [4.69, 9.17) is 0 Å². The van der Waals surface area contributed by atoms with Crippen LogP contribution < -0.4 is 31.9 Å². The molecular formula is C63H83N9O7. The lowest BCUT2D eigenvalue weighted by molar-refractivity contribution is -0.152. The van der Waals surface area contributed by atoms with Crippen molar-refractivity contribution in [1.29, 1.82) is 0 Å². The van der Waals surface area contributed by atoms with Crippen LogP contribution in [0, 0.1) is 10.8 Å². The molecule has 9 atom stereocenters. The number of amides is 7. The number of hydrogen-bond acceptors (Lipinski definition) is 9. The molecule has 79 heavy (non-hydrogen) atoms. The minimum Gasteiger partial charge on any atom is -0.347 e. The normalized spacial score (nSPS) is 21.4. The summed E-state index contributed by atoms with van der Waals surface area (Å²) in [6, 6.07) is 25.4. The molecule has 2 aliphatic carbocycles. The Balaban J connectivity index is 1.06. The standard InChI is InChI=1S/C63H83N9O7/c1-38(64-9)55(73)68-53(62(3,4)5)60(78)71-36-45-22-12-11-21-44(45)33-52(71)59(77)70(50-28-18-24-42-20-14-16-26-48(42)50)35-40-29-31-43(32-30-40)57(75)66-46-34-51(58(76)67-49-27-17-23-41-19-13-15-25-47(41)49)72(37-46)61(79)54(63(6,7)8)69-56(74)39(2)65-10/h11-16,19-22,25-26,29-32,38-39,46,49-54,64-65H,17-18,23-24,27-28,33-37H2,1-10H3,(H,66,75)(H,67,76)(H,68,73)(H,69,74)/t38-,39-,46?,49?,50?,51?,52?,53?,54?/m0/s1. The third-order valence-electron chi connectivity index (χ3n) is 16.7. The van der Waals surface area contributed by atoms with Crippen LogP contribution in [0.1, 0.15) is 149 Å². The average Bonchev–Trinajstić information content (AvgIpc) is 3.96. The van der Waals surface area contributed by atoms with E-state index in [0.717, 1.165) is 66.3 Å². The maximum absolute atomic E-state index is 15.8. The molecule has 2 aliphatic heterocycles. The topological polar surface area (TPSA) is 201 Å². The maximum Gasteiger partial charge on any atom is 0.251 e. The van der Waals surface area contributed by atoms with Crippen LogP contribution in [0.2, 0.25) is 0 Å². The summed E-state index contributed by atoms with van der Waals surface area (Å²) < 4.78 is 0. The summed E-state index contributed by atoms with van der Waals surface area (Å²) in [4.78, 5) is 106. The third kappa shape index (κ3) is 13.2. The van der Waals surface area contributed by atoms with Crippen LogP contribution in [-0.2, 0) is 61.1 Å². The van der Waals surface area contributed by atoms with E-state index in [1.165, 1.54) is 16.0 Å². The number of fused-ring (bicyclic) bond motifs is 3. The van der Waals surface area contributed by atoms with Gasteiger partial charge in [-0.15, -0.1) is 0 Å². The molecule has 16 heteroatoms. The molecule has 0 bridgehead atoms. The Bertz CT molecular complexity index is 2890. The highest BCUT2D eigenvalue weighted by atomic mass is 16.2. The van der Waals surface area contributed by atoms with Gasteiger partial charge in [0.2, 0.25) is 35.4 Å². The summed E-state index contributed by atoms with van der Waals surface area (Å²) >= 11 is 0. The van der Waals surface area contributed by atoms with Crippen LogP contribution in [-0.4, -0.2) is 119 Å². The zero-order chi connectivity index (χ0) is 56.9. The molecular weight excluding hydrogens is 995 g/mol. The first kappa shape index (κ1) is 58.2. The Hall–Kier alpha value is -6.91. The molecule has 7 amide bonds. The van der Waals surface area contributed by atoms with Crippen LogP contribution in [0.4, 0.5) is 0 Å². The second-order valence-electron chi connectivity index (χ2n) is 24.4. The highest BCUT2D eigenvalue weighted by Crippen LogP contribution is 2.38. The second-order valence-corrected chi connectivity index (χ2v) is 24.4. The van der Waals surface area contributed by atoms with Gasteiger partial charge in [0.1, 0.15) is 24.2 Å². The lowest BCUT2D eigenvalue weighted by Gasteiger charge is -2.44. The molecule has 0 saturated carbocycles. The van der Waals surface area contributed by atoms with E-state index in [9.17, 15) is 24.0 Å². The van der Waals surface area contributed by atoms with Crippen molar-refractivity contribution >= 4 is 41.4 Å². The summed E-state index contributed by atoms with van der Waals surface area (Å²) in [5.41, 5.74) is 6.16. The van der Waals surface area contributed by atoms with Crippen LogP contribution in [0.3, 0.4) is 0 Å². The molecule has 422 valence electrons. The number of nitrogens with zero attached hydrogens (tertiary/aromatic N) is 3. The zero-order valence-corrected chi connectivity index (χ0v) is 47.9. The van der Waals surface area contributed by atoms with Gasteiger partial charge in [0, 0.05) is 37.7 Å². The number of nitrogens with one attached hydrogen (secondary N) is 6. The van der Waals surface area contributed by atoms with E-state index >= 15 is 9.59 Å². The molecule has 4 aliphatic rings. The van der Waals surface area contributed by atoms with E-state index in [1.54, 1.807) is 45.0 Å². The van der Waals surface area contributed by atoms with Crippen molar-refractivity contribution in [2.45, 2.75) is 174 Å². The molecule has 1 saturated heterocycles. The van der Waals surface area contributed by atoms with Crippen LogP contribution in [0.25, 0.3) is 0 Å². The van der Waals surface area contributed by atoms with Crippen molar-refractivity contribution in [3.63, 3.8) is 0 Å². The zero-order valence-electron chi connectivity index (χ0n) is 47.9. The minimum atomic E-state index is -0.963. The van der Waals surface area contributed by atoms with Crippen LogP contribution >= 0.6 is 0 Å². The van der Waals surface area contributed by atoms with Crippen molar-refractivity contribution in [3.05, 3.63) is 142 Å². The first-order valence-electron chi connectivity index (χ1n) is 28.4. The Morgan fingerprint density at radius 1 is 0.608 bits per heavy atom. The molecule has 8 rings (SSSR count). The van der Waals surface area contributed by atoms with Crippen molar-refractivity contribution in [1.82, 2.24) is 46.6 Å². The van der Waals surface area contributed by atoms with E-state index in [-0.39, 0.29) is 73.6 Å². The summed E-state index contributed by atoms with van der Waals surface area (Å²) in [6.07, 6.45) is 5.51. The first-order valence-corrected chi connectivity index (χ1v) is 28.4. The summed E-state index contributed by atoms with van der Waals surface area (Å²) in [5.74, 6) is -2.29. The molecule has 0 radical (unpaired) electrons. The Labute approximate surface area is 467 Å². The molecule has 4 aromatic rings. The Morgan fingerprint density at radius 2 is 1.13 bits per heavy atom. The lowest BCUT2D eigenvalue weighted by atomic mass is 9.83. The number of rotatable bonds is 16. The Kier molecular flexibility index (Phi) is 18.2. The number of carbonyl (C=O) groups is 7. The molecule has 0 spiro atoms. The van der Waals surface area contributed by atoms with E-state index in [1.807, 2.05) is 113 Å². The summed E-state index contributed by atoms with van der Waals surface area (Å²) in [6.45, 7) is 15.3. The molecule has 6 N–H and O–H groups in total. The molecule has 16 nitrogen and oxygen atoms in total. The number of hydrogen-bond donors (Lipinski definition) is 6. The number of likely N-dealkylation sites (N-methyl/N-ethyl adjacent to an activating group) is 2. The number of benzene rings is 4. The number of likely N-dealkylation sites (tertiary alicyclic amines) is 1. The molecule has 7 unspecified atom stereocenters.